The summed E-state index contributed by atoms with van der Waals surface area (Å²) in [5.74, 6) is 3.13. The fourth-order valence-corrected chi connectivity index (χ4v) is 15.2. The van der Waals surface area contributed by atoms with E-state index in [1.54, 1.807) is 21.3 Å². The molecule has 8 N–H and O–H groups in total. The van der Waals surface area contributed by atoms with Gasteiger partial charge in [0.2, 0.25) is 5.91 Å². The quantitative estimate of drug-likeness (QED) is 0.0284. The van der Waals surface area contributed by atoms with Gasteiger partial charge in [-0.25, -0.2) is 4.79 Å². The number of rotatable bonds is 48. The van der Waals surface area contributed by atoms with Crippen LogP contribution < -0.4 is 27.8 Å². The smallest absolute Gasteiger partial charge is 0.378 e. The molecule has 0 spiro atoms. The fraction of sp³-hybridized carbons (Fsp3) is 0.966. The lowest BCUT2D eigenvalue weighted by molar-refractivity contribution is -0.170. The molecular formula is C59H118N6O11Si. The third-order valence-electron chi connectivity index (χ3n) is 17.7. The Bertz CT molecular complexity index is 1470. The van der Waals surface area contributed by atoms with Gasteiger partial charge in [0.15, 0.2) is 0 Å². The van der Waals surface area contributed by atoms with E-state index in [0.29, 0.717) is 133 Å². The predicted molar refractivity (Wildman–Crippen MR) is 311 cm³/mol. The molecule has 0 bridgehead atoms. The third-order valence-corrected chi connectivity index (χ3v) is 20.5. The molecule has 10 atom stereocenters. The first kappa shape index (κ1) is 69.7. The number of hydrogen-bond acceptors (Lipinski definition) is 14. The molecule has 0 aromatic rings. The summed E-state index contributed by atoms with van der Waals surface area (Å²) >= 11 is 0. The Morgan fingerprint density at radius 3 is 1.96 bits per heavy atom. The van der Waals surface area contributed by atoms with Crippen LogP contribution in [-0.2, 0) is 46.5 Å². The molecule has 3 saturated carbocycles. The van der Waals surface area contributed by atoms with Gasteiger partial charge in [-0.2, -0.15) is 0 Å². The molecule has 454 valence electrons. The Kier molecular flexibility index (Phi) is 38.3. The van der Waals surface area contributed by atoms with E-state index in [-0.39, 0.29) is 29.6 Å². The van der Waals surface area contributed by atoms with E-state index in [2.05, 4.69) is 43.2 Å². The van der Waals surface area contributed by atoms with Crippen molar-refractivity contribution in [2.45, 2.75) is 200 Å². The lowest BCUT2D eigenvalue weighted by atomic mass is 9.53. The van der Waals surface area contributed by atoms with E-state index in [4.69, 9.17) is 58.9 Å². The normalized spacial score (nSPS) is 24.4. The first-order valence-electron chi connectivity index (χ1n) is 31.1. The van der Waals surface area contributed by atoms with Crippen LogP contribution in [0.5, 0.6) is 0 Å². The molecule has 3 fully saturated rings. The zero-order valence-electron chi connectivity index (χ0n) is 50.2. The summed E-state index contributed by atoms with van der Waals surface area (Å²) in [5.41, 5.74) is 18.0. The van der Waals surface area contributed by atoms with Crippen molar-refractivity contribution in [1.29, 1.82) is 0 Å². The van der Waals surface area contributed by atoms with Crippen molar-refractivity contribution in [2.75, 3.05) is 127 Å². The number of nitrogens with one attached hydrogen (secondary N) is 2. The summed E-state index contributed by atoms with van der Waals surface area (Å²) in [4.78, 5) is 28.1. The summed E-state index contributed by atoms with van der Waals surface area (Å²) < 4.78 is 53.9. The molecule has 3 rings (SSSR count). The molecule has 3 aliphatic rings. The Balaban J connectivity index is 1.51. The molecule has 0 aromatic carbocycles. The maximum Gasteiger partial charge on any atom is 0.500 e. The van der Waals surface area contributed by atoms with Gasteiger partial charge < -0.3 is 74.4 Å². The molecule has 3 amide bonds. The molecule has 0 saturated heterocycles. The van der Waals surface area contributed by atoms with Gasteiger partial charge in [-0.3, -0.25) is 4.79 Å². The zero-order chi connectivity index (χ0) is 56.0. The van der Waals surface area contributed by atoms with E-state index >= 15 is 0 Å². The molecule has 3 unspecified atom stereocenters. The van der Waals surface area contributed by atoms with Crippen molar-refractivity contribution in [3.05, 3.63) is 0 Å². The molecule has 77 heavy (non-hydrogen) atoms. The highest BCUT2D eigenvalue weighted by atomic mass is 28.4. The van der Waals surface area contributed by atoms with Crippen LogP contribution in [0.25, 0.3) is 0 Å². The molecule has 0 aromatic heterocycles. The second-order valence-electron chi connectivity index (χ2n) is 22.9. The standard InChI is InChI=1S/C59H118N6O11Si/c1-8-10-11-12-13-15-33-65(58(67)64-32-39-72-41-43-73-42-40-71-38-31-63-56(66)25-14-16-44-77(68-5,69-6)70-7)34-18-22-48(3)52-26-27-53-57(50(9-2)47-55(59(52,53)4)76-37-21-30-62)54(75-36-20-29-61)46-49-23-17-24-51(45-49)74-35-19-28-60/h48-55,57H,8-47,60-62H2,1-7H3,(H,63,66)(H,64,67)/t48-,49?,50+,51-,52-,53+,54-,55+,57?,59?/m1/s1. The molecule has 17 nitrogen and oxygen atoms in total. The molecule has 18 heteroatoms. The van der Waals surface area contributed by atoms with E-state index < -0.39 is 8.80 Å². The minimum absolute atomic E-state index is 0.00233. The van der Waals surface area contributed by atoms with Gasteiger partial charge in [-0.1, -0.05) is 79.1 Å². The van der Waals surface area contributed by atoms with Gasteiger partial charge in [0.1, 0.15) is 0 Å². The SMILES string of the molecule is CCCCCCCCN(CCC[C@@H](C)[C@H]1CC[C@H]2C([C@@H](CC3CCC[C@@H](OCCCN)C3)OCCCN)[C@@H](CC)C[C@H](OCCCN)C12C)C(=O)NCCOCCOCCOCCNC(=O)CCCC[Si](OC)(OC)OC. The Morgan fingerprint density at radius 1 is 0.675 bits per heavy atom. The summed E-state index contributed by atoms with van der Waals surface area (Å²) in [6.45, 7) is 18.8. The number of fused-ring (bicyclic) bond motifs is 1. The van der Waals surface area contributed by atoms with Gasteiger partial charge in [0.05, 0.1) is 58.0 Å². The maximum atomic E-state index is 13.8. The highest BCUT2D eigenvalue weighted by molar-refractivity contribution is 6.60. The van der Waals surface area contributed by atoms with Crippen molar-refractivity contribution in [2.24, 2.45) is 58.1 Å². The number of carbonyl (C=O) groups is 2. The van der Waals surface area contributed by atoms with Crippen LogP contribution >= 0.6 is 0 Å². The van der Waals surface area contributed by atoms with Crippen molar-refractivity contribution < 1.29 is 51.3 Å². The molecule has 0 aliphatic heterocycles. The number of nitrogens with zero attached hydrogens (tertiary/aromatic N) is 1. The number of urea groups is 1. The van der Waals surface area contributed by atoms with E-state index in [1.807, 2.05) is 0 Å². The number of nitrogens with two attached hydrogens (primary N) is 3. The van der Waals surface area contributed by atoms with Crippen molar-refractivity contribution in [1.82, 2.24) is 15.5 Å². The highest BCUT2D eigenvalue weighted by Gasteiger charge is 2.61. The van der Waals surface area contributed by atoms with Crippen LogP contribution in [0, 0.1) is 40.9 Å². The maximum absolute atomic E-state index is 13.8. The average Bonchev–Trinajstić information content (AvgIpc) is 3.84. The molecule has 0 heterocycles. The Hall–Kier alpha value is -1.52. The van der Waals surface area contributed by atoms with Crippen LogP contribution in [-0.4, -0.2) is 171 Å². The first-order valence-corrected chi connectivity index (χ1v) is 33.1. The van der Waals surface area contributed by atoms with Crippen LogP contribution in [0.4, 0.5) is 4.79 Å². The number of ether oxygens (including phenoxy) is 6. The number of carbonyl (C=O) groups excluding carboxylic acids is 2. The molecule has 0 radical (unpaired) electrons. The van der Waals surface area contributed by atoms with Gasteiger partial charge in [-0.15, -0.1) is 0 Å². The summed E-state index contributed by atoms with van der Waals surface area (Å²) in [6.07, 6.45) is 24.9. The average molecular weight is 1120 g/mol. The van der Waals surface area contributed by atoms with Gasteiger partial charge in [0, 0.05) is 85.2 Å². The summed E-state index contributed by atoms with van der Waals surface area (Å²) in [7, 11) is 2.20. The van der Waals surface area contributed by atoms with E-state index in [1.165, 1.54) is 51.4 Å². The second-order valence-corrected chi connectivity index (χ2v) is 26.0. The Morgan fingerprint density at radius 2 is 1.30 bits per heavy atom. The van der Waals surface area contributed by atoms with Crippen molar-refractivity contribution >= 4 is 20.7 Å². The van der Waals surface area contributed by atoms with Crippen LogP contribution in [0.1, 0.15) is 175 Å². The Labute approximate surface area is 470 Å². The molecular weight excluding hydrogens is 997 g/mol. The largest absolute Gasteiger partial charge is 0.500 e. The van der Waals surface area contributed by atoms with Crippen molar-refractivity contribution in [3.8, 4) is 0 Å². The number of unbranched alkanes of at least 4 members (excludes halogenated alkanes) is 6. The predicted octanol–water partition coefficient (Wildman–Crippen LogP) is 8.85. The fourth-order valence-electron chi connectivity index (χ4n) is 13.4. The highest BCUT2D eigenvalue weighted by Crippen LogP contribution is 2.63. The zero-order valence-corrected chi connectivity index (χ0v) is 51.2. The minimum atomic E-state index is -2.60. The van der Waals surface area contributed by atoms with Crippen molar-refractivity contribution in [3.63, 3.8) is 0 Å². The topological polar surface area (TPSA) is 223 Å². The first-order chi connectivity index (χ1) is 37.5. The van der Waals surface area contributed by atoms with Gasteiger partial charge in [-0.05, 0) is 145 Å². The third kappa shape index (κ3) is 25.7. The minimum Gasteiger partial charge on any atom is -0.378 e. The summed E-state index contributed by atoms with van der Waals surface area (Å²) in [6, 6.07) is 0.672. The summed E-state index contributed by atoms with van der Waals surface area (Å²) in [5, 5.41) is 6.06. The monoisotopic (exact) mass is 1110 g/mol. The second kappa shape index (κ2) is 42.3. The lowest BCUT2D eigenvalue weighted by Crippen LogP contribution is -2.56. The van der Waals surface area contributed by atoms with Gasteiger partial charge >= 0.3 is 14.8 Å². The van der Waals surface area contributed by atoms with Gasteiger partial charge in [0.25, 0.3) is 0 Å². The number of hydrogen-bond donors (Lipinski definition) is 5. The van der Waals surface area contributed by atoms with Crippen LogP contribution in [0.3, 0.4) is 0 Å². The number of amides is 3. The van der Waals surface area contributed by atoms with E-state index in [0.717, 1.165) is 116 Å². The van der Waals surface area contributed by atoms with E-state index in [9.17, 15) is 9.59 Å². The van der Waals surface area contributed by atoms with Crippen LogP contribution in [0.2, 0.25) is 6.04 Å². The lowest BCUT2D eigenvalue weighted by Gasteiger charge is -2.56. The van der Waals surface area contributed by atoms with Crippen LogP contribution in [0.15, 0.2) is 0 Å². The molecule has 3 aliphatic carbocycles.